The molecule has 2 heterocycles. The van der Waals surface area contributed by atoms with Crippen molar-refractivity contribution in [3.05, 3.63) is 9.75 Å². The Morgan fingerprint density at radius 1 is 1.00 bits per heavy atom. The standard InChI is InChI=1S/C11H10O6S2/c1-15-6-4-5(12)7(9(13)16-2)18-11(4)19-8(6)10(14)17-3/h12H,1-3H3. The topological polar surface area (TPSA) is 82.1 Å². The SMILES string of the molecule is COC(=O)c1sc2sc(C(=O)OC)c(OC)c2c1O. The Morgan fingerprint density at radius 2 is 1.53 bits per heavy atom. The second kappa shape index (κ2) is 5.06. The van der Waals surface area contributed by atoms with Crippen LogP contribution in [0.5, 0.6) is 11.5 Å². The number of rotatable bonds is 3. The maximum atomic E-state index is 11.6. The molecule has 0 fully saturated rings. The summed E-state index contributed by atoms with van der Waals surface area (Å²) in [7, 11) is 3.87. The third-order valence-corrected chi connectivity index (χ3v) is 4.82. The molecule has 102 valence electrons. The van der Waals surface area contributed by atoms with Gasteiger partial charge >= 0.3 is 11.9 Å². The first kappa shape index (κ1) is 13.6. The van der Waals surface area contributed by atoms with Crippen LogP contribution in [-0.2, 0) is 9.47 Å². The number of carbonyl (C=O) groups excluding carboxylic acids is 2. The van der Waals surface area contributed by atoms with Crippen LogP contribution in [0, 0.1) is 0 Å². The molecule has 6 nitrogen and oxygen atoms in total. The van der Waals surface area contributed by atoms with E-state index >= 15 is 0 Å². The molecule has 1 N–H and O–H groups in total. The van der Waals surface area contributed by atoms with E-state index in [-0.39, 0.29) is 21.3 Å². The summed E-state index contributed by atoms with van der Waals surface area (Å²) in [5.41, 5.74) is 0. The summed E-state index contributed by atoms with van der Waals surface area (Å²) in [6.45, 7) is 0. The van der Waals surface area contributed by atoms with E-state index in [0.29, 0.717) is 9.40 Å². The molecule has 0 amide bonds. The van der Waals surface area contributed by atoms with Gasteiger partial charge in [0.25, 0.3) is 0 Å². The van der Waals surface area contributed by atoms with E-state index in [0.717, 1.165) is 22.7 Å². The molecule has 0 spiro atoms. The molecule has 19 heavy (non-hydrogen) atoms. The van der Waals surface area contributed by atoms with Crippen molar-refractivity contribution in [1.82, 2.24) is 0 Å². The van der Waals surface area contributed by atoms with Crippen LogP contribution in [0.3, 0.4) is 0 Å². The van der Waals surface area contributed by atoms with E-state index in [4.69, 9.17) is 4.74 Å². The Hall–Kier alpha value is -1.80. The highest BCUT2D eigenvalue weighted by Gasteiger charge is 2.28. The molecule has 0 saturated carbocycles. The first-order valence-corrected chi connectivity index (χ1v) is 6.67. The van der Waals surface area contributed by atoms with Gasteiger partial charge < -0.3 is 19.3 Å². The second-order valence-corrected chi connectivity index (χ2v) is 5.69. The zero-order valence-electron chi connectivity index (χ0n) is 10.3. The fourth-order valence-electron chi connectivity index (χ4n) is 1.58. The van der Waals surface area contributed by atoms with Crippen molar-refractivity contribution in [3.8, 4) is 11.5 Å². The van der Waals surface area contributed by atoms with Crippen molar-refractivity contribution >= 4 is 44.0 Å². The molecule has 0 radical (unpaired) electrons. The minimum Gasteiger partial charge on any atom is -0.505 e. The predicted molar refractivity (Wildman–Crippen MR) is 70.6 cm³/mol. The molecular formula is C11H10O6S2. The van der Waals surface area contributed by atoms with E-state index in [9.17, 15) is 14.7 Å². The van der Waals surface area contributed by atoms with E-state index in [1.807, 2.05) is 0 Å². The number of carbonyl (C=O) groups is 2. The van der Waals surface area contributed by atoms with E-state index < -0.39 is 11.9 Å². The van der Waals surface area contributed by atoms with Gasteiger partial charge in [-0.25, -0.2) is 9.59 Å². The van der Waals surface area contributed by atoms with Crippen molar-refractivity contribution in [3.63, 3.8) is 0 Å². The minimum absolute atomic E-state index is 0.0819. The van der Waals surface area contributed by atoms with E-state index in [1.54, 1.807) is 0 Å². The Bertz CT molecular complexity index is 654. The summed E-state index contributed by atoms with van der Waals surface area (Å²) in [6, 6.07) is 0. The number of fused-ring (bicyclic) bond motifs is 1. The van der Waals surface area contributed by atoms with Gasteiger partial charge in [-0.15, -0.1) is 22.7 Å². The number of thiophene rings is 2. The average Bonchev–Trinajstić information content (AvgIpc) is 2.94. The van der Waals surface area contributed by atoms with Gasteiger partial charge in [-0.1, -0.05) is 0 Å². The number of aromatic hydroxyl groups is 1. The van der Waals surface area contributed by atoms with Crippen LogP contribution in [0.15, 0.2) is 0 Å². The number of hydrogen-bond acceptors (Lipinski definition) is 8. The second-order valence-electron chi connectivity index (χ2n) is 3.39. The van der Waals surface area contributed by atoms with Crippen molar-refractivity contribution in [2.24, 2.45) is 0 Å². The monoisotopic (exact) mass is 302 g/mol. The van der Waals surface area contributed by atoms with Crippen LogP contribution in [0.1, 0.15) is 19.3 Å². The molecule has 0 atom stereocenters. The Kier molecular flexibility index (Phi) is 3.63. The summed E-state index contributed by atoms with van der Waals surface area (Å²) in [6.07, 6.45) is 0. The summed E-state index contributed by atoms with van der Waals surface area (Å²) >= 11 is 2.14. The fraction of sp³-hybridized carbons (Fsp3) is 0.273. The molecule has 0 bridgehead atoms. The lowest BCUT2D eigenvalue weighted by atomic mass is 10.3. The van der Waals surface area contributed by atoms with Gasteiger partial charge in [0.05, 0.1) is 30.7 Å². The van der Waals surface area contributed by atoms with Gasteiger partial charge in [-0.3, -0.25) is 0 Å². The van der Waals surface area contributed by atoms with E-state index in [2.05, 4.69) is 9.47 Å². The van der Waals surface area contributed by atoms with Crippen molar-refractivity contribution in [1.29, 1.82) is 0 Å². The number of esters is 2. The minimum atomic E-state index is -0.632. The first-order valence-electron chi connectivity index (χ1n) is 5.04. The van der Waals surface area contributed by atoms with Crippen molar-refractivity contribution in [2.45, 2.75) is 0 Å². The van der Waals surface area contributed by atoms with Crippen LogP contribution < -0.4 is 4.74 Å². The van der Waals surface area contributed by atoms with Gasteiger partial charge in [0, 0.05) is 0 Å². The van der Waals surface area contributed by atoms with Gasteiger partial charge in [-0.05, 0) is 0 Å². The Morgan fingerprint density at radius 3 is 2.05 bits per heavy atom. The highest BCUT2D eigenvalue weighted by atomic mass is 32.2. The lowest BCUT2D eigenvalue weighted by Crippen LogP contribution is -2.01. The van der Waals surface area contributed by atoms with Crippen LogP contribution in [0.25, 0.3) is 9.40 Å². The van der Waals surface area contributed by atoms with Crippen LogP contribution in [0.4, 0.5) is 0 Å². The average molecular weight is 302 g/mol. The highest BCUT2D eigenvalue weighted by molar-refractivity contribution is 7.40. The third-order valence-electron chi connectivity index (χ3n) is 2.42. The van der Waals surface area contributed by atoms with Crippen LogP contribution in [0.2, 0.25) is 0 Å². The molecule has 2 rings (SSSR count). The highest BCUT2D eigenvalue weighted by Crippen LogP contribution is 2.49. The van der Waals surface area contributed by atoms with Gasteiger partial charge in [-0.2, -0.15) is 0 Å². The van der Waals surface area contributed by atoms with Crippen LogP contribution in [-0.4, -0.2) is 38.4 Å². The van der Waals surface area contributed by atoms with Gasteiger partial charge in [0.15, 0.2) is 21.3 Å². The zero-order chi connectivity index (χ0) is 14.2. The van der Waals surface area contributed by atoms with Gasteiger partial charge in [0.1, 0.15) is 0 Å². The maximum absolute atomic E-state index is 11.6. The summed E-state index contributed by atoms with van der Waals surface area (Å²) in [4.78, 5) is 23.4. The number of hydrogen-bond donors (Lipinski definition) is 1. The van der Waals surface area contributed by atoms with Crippen LogP contribution >= 0.6 is 22.7 Å². The molecule has 2 aromatic rings. The van der Waals surface area contributed by atoms with Crippen molar-refractivity contribution < 1.29 is 28.9 Å². The first-order chi connectivity index (χ1) is 9.04. The normalized spacial score (nSPS) is 10.5. The number of methoxy groups -OCH3 is 3. The zero-order valence-corrected chi connectivity index (χ0v) is 11.9. The lowest BCUT2D eigenvalue weighted by molar-refractivity contribution is 0.0595. The largest absolute Gasteiger partial charge is 0.505 e. The molecule has 8 heteroatoms. The third kappa shape index (κ3) is 2.02. The Balaban J connectivity index is 2.69. The molecule has 2 aromatic heterocycles. The predicted octanol–water partition coefficient (Wildman–Crippen LogP) is 2.25. The summed E-state index contributed by atoms with van der Waals surface area (Å²) in [5, 5.41) is 10.4. The molecule has 0 saturated heterocycles. The lowest BCUT2D eigenvalue weighted by Gasteiger charge is -2.02. The molecule has 0 aromatic carbocycles. The summed E-state index contributed by atoms with van der Waals surface area (Å²) in [5.74, 6) is -1.22. The van der Waals surface area contributed by atoms with Gasteiger partial charge in [0.2, 0.25) is 0 Å². The van der Waals surface area contributed by atoms with E-state index in [1.165, 1.54) is 21.3 Å². The maximum Gasteiger partial charge on any atom is 0.351 e. The smallest absolute Gasteiger partial charge is 0.351 e. The number of ether oxygens (including phenoxy) is 3. The molecule has 0 aliphatic heterocycles. The molecule has 0 aliphatic rings. The quantitative estimate of drug-likeness (QED) is 0.876. The fourth-order valence-corrected chi connectivity index (χ4v) is 4.01. The molecule has 0 unspecified atom stereocenters. The van der Waals surface area contributed by atoms with Crippen molar-refractivity contribution in [2.75, 3.05) is 21.3 Å². The Labute approximate surface area is 116 Å². The molecule has 0 aliphatic carbocycles. The summed E-state index contributed by atoms with van der Waals surface area (Å²) < 4.78 is 14.9. The molecular weight excluding hydrogens is 292 g/mol.